The Labute approximate surface area is 147 Å². The van der Waals surface area contributed by atoms with Crippen molar-refractivity contribution in [2.45, 2.75) is 45.5 Å². The molecule has 0 aliphatic carbocycles. The van der Waals surface area contributed by atoms with Crippen molar-refractivity contribution in [1.29, 1.82) is 0 Å². The van der Waals surface area contributed by atoms with E-state index in [-0.39, 0.29) is 6.04 Å². The van der Waals surface area contributed by atoms with E-state index in [1.54, 1.807) is 0 Å². The lowest BCUT2D eigenvalue weighted by Crippen LogP contribution is -2.47. The number of nitrogens with zero attached hydrogens (tertiary/aromatic N) is 1. The molecule has 4 nitrogen and oxygen atoms in total. The van der Waals surface area contributed by atoms with Gasteiger partial charge in [0.25, 0.3) is 0 Å². The van der Waals surface area contributed by atoms with E-state index in [1.165, 1.54) is 6.92 Å². The molecule has 0 saturated carbocycles. The van der Waals surface area contributed by atoms with Gasteiger partial charge in [0.15, 0.2) is 0 Å². The normalized spacial score (nSPS) is 14.4. The largest absolute Gasteiger partial charge is 0.411 e. The van der Waals surface area contributed by atoms with Gasteiger partial charge in [-0.3, -0.25) is 9.69 Å². The molecule has 2 atom stereocenters. The predicted octanol–water partition coefficient (Wildman–Crippen LogP) is 3.02. The van der Waals surface area contributed by atoms with Crippen LogP contribution in [0.25, 0.3) is 0 Å². The summed E-state index contributed by atoms with van der Waals surface area (Å²) >= 11 is 0. The van der Waals surface area contributed by atoms with Crippen LogP contribution >= 0.6 is 0 Å². The Morgan fingerprint density at radius 1 is 1.20 bits per heavy atom. The average molecular weight is 360 g/mol. The van der Waals surface area contributed by atoms with Crippen LogP contribution in [0.1, 0.15) is 26.3 Å². The van der Waals surface area contributed by atoms with Crippen LogP contribution < -0.4 is 5.32 Å². The smallest absolute Gasteiger partial charge is 0.359 e. The SMILES string of the molecule is CCN(CC)C(CNC(=O)C(C)OCC(F)(F)F)Cc1ccccc1. The molecule has 0 radical (unpaired) electrons. The topological polar surface area (TPSA) is 41.6 Å². The Morgan fingerprint density at radius 2 is 1.80 bits per heavy atom. The number of ether oxygens (including phenoxy) is 1. The minimum absolute atomic E-state index is 0.0659. The summed E-state index contributed by atoms with van der Waals surface area (Å²) in [7, 11) is 0. The summed E-state index contributed by atoms with van der Waals surface area (Å²) < 4.78 is 41.1. The quantitative estimate of drug-likeness (QED) is 0.697. The molecule has 25 heavy (non-hydrogen) atoms. The van der Waals surface area contributed by atoms with Gasteiger partial charge in [0, 0.05) is 12.6 Å². The van der Waals surface area contributed by atoms with E-state index in [9.17, 15) is 18.0 Å². The zero-order chi connectivity index (χ0) is 18.9. The second kappa shape index (κ2) is 10.4. The fourth-order valence-electron chi connectivity index (χ4n) is 2.61. The number of hydrogen-bond acceptors (Lipinski definition) is 3. The summed E-state index contributed by atoms with van der Waals surface area (Å²) in [5, 5.41) is 2.72. The summed E-state index contributed by atoms with van der Waals surface area (Å²) in [5.41, 5.74) is 1.15. The number of hydrogen-bond donors (Lipinski definition) is 1. The molecule has 0 fully saturated rings. The van der Waals surface area contributed by atoms with Crippen molar-refractivity contribution >= 4 is 5.91 Å². The summed E-state index contributed by atoms with van der Waals surface area (Å²) in [5.74, 6) is -0.533. The first-order chi connectivity index (χ1) is 11.8. The van der Waals surface area contributed by atoms with Crippen molar-refractivity contribution in [3.63, 3.8) is 0 Å². The fraction of sp³-hybridized carbons (Fsp3) is 0.611. The number of carbonyl (C=O) groups excluding carboxylic acids is 1. The highest BCUT2D eigenvalue weighted by Gasteiger charge is 2.30. The van der Waals surface area contributed by atoms with Gasteiger partial charge in [-0.1, -0.05) is 44.2 Å². The van der Waals surface area contributed by atoms with Crippen LogP contribution in [0, 0.1) is 0 Å². The molecule has 0 aromatic heterocycles. The van der Waals surface area contributed by atoms with Gasteiger partial charge in [-0.2, -0.15) is 13.2 Å². The molecule has 2 unspecified atom stereocenters. The first kappa shape index (κ1) is 21.4. The van der Waals surface area contributed by atoms with E-state index >= 15 is 0 Å². The highest BCUT2D eigenvalue weighted by Crippen LogP contribution is 2.15. The Balaban J connectivity index is 2.60. The molecular formula is C18H27F3N2O2. The molecule has 7 heteroatoms. The van der Waals surface area contributed by atoms with Crippen molar-refractivity contribution < 1.29 is 22.7 Å². The third-order valence-corrected chi connectivity index (χ3v) is 4.02. The Hall–Kier alpha value is -1.60. The van der Waals surface area contributed by atoms with Crippen LogP contribution in [-0.2, 0) is 16.0 Å². The minimum atomic E-state index is -4.44. The molecular weight excluding hydrogens is 333 g/mol. The second-order valence-electron chi connectivity index (χ2n) is 5.88. The molecule has 0 bridgehead atoms. The molecule has 0 aliphatic heterocycles. The number of benzene rings is 1. The van der Waals surface area contributed by atoms with Crippen LogP contribution in [0.2, 0.25) is 0 Å². The van der Waals surface area contributed by atoms with Crippen molar-refractivity contribution in [3.8, 4) is 0 Å². The third kappa shape index (κ3) is 8.36. The van der Waals surface area contributed by atoms with Gasteiger partial charge in [0.2, 0.25) is 5.91 Å². The van der Waals surface area contributed by atoms with Gasteiger partial charge in [-0.25, -0.2) is 0 Å². The fourth-order valence-corrected chi connectivity index (χ4v) is 2.61. The Morgan fingerprint density at radius 3 is 2.32 bits per heavy atom. The lowest BCUT2D eigenvalue weighted by Gasteiger charge is -2.30. The maximum atomic E-state index is 12.2. The summed E-state index contributed by atoms with van der Waals surface area (Å²) in [6.45, 7) is 5.98. The van der Waals surface area contributed by atoms with Crippen LogP contribution in [-0.4, -0.2) is 55.4 Å². The lowest BCUT2D eigenvalue weighted by molar-refractivity contribution is -0.185. The lowest BCUT2D eigenvalue weighted by atomic mass is 10.0. The van der Waals surface area contributed by atoms with Crippen molar-refractivity contribution in [3.05, 3.63) is 35.9 Å². The van der Waals surface area contributed by atoms with Crippen molar-refractivity contribution in [1.82, 2.24) is 10.2 Å². The number of alkyl halides is 3. The van der Waals surface area contributed by atoms with Gasteiger partial charge in [-0.15, -0.1) is 0 Å². The number of amides is 1. The number of carbonyl (C=O) groups is 1. The highest BCUT2D eigenvalue weighted by atomic mass is 19.4. The molecule has 0 heterocycles. The predicted molar refractivity (Wildman–Crippen MR) is 91.3 cm³/mol. The highest BCUT2D eigenvalue weighted by molar-refractivity contribution is 5.80. The summed E-state index contributed by atoms with van der Waals surface area (Å²) in [4.78, 5) is 14.2. The zero-order valence-electron chi connectivity index (χ0n) is 15.0. The van der Waals surface area contributed by atoms with Gasteiger partial charge >= 0.3 is 6.18 Å². The second-order valence-corrected chi connectivity index (χ2v) is 5.88. The molecule has 1 aromatic carbocycles. The van der Waals surface area contributed by atoms with Gasteiger partial charge in [0.1, 0.15) is 12.7 Å². The standard InChI is InChI=1S/C18H27F3N2O2/c1-4-23(5-2)16(11-15-9-7-6-8-10-15)12-22-17(24)14(3)25-13-18(19,20)21/h6-10,14,16H,4-5,11-13H2,1-3H3,(H,22,24). The average Bonchev–Trinajstić information content (AvgIpc) is 2.58. The molecule has 142 valence electrons. The third-order valence-electron chi connectivity index (χ3n) is 4.02. The van der Waals surface area contributed by atoms with Crippen LogP contribution in [0.4, 0.5) is 13.2 Å². The van der Waals surface area contributed by atoms with Crippen LogP contribution in [0.3, 0.4) is 0 Å². The maximum Gasteiger partial charge on any atom is 0.411 e. The molecule has 1 rings (SSSR count). The van der Waals surface area contributed by atoms with Gasteiger partial charge < -0.3 is 10.1 Å². The van der Waals surface area contributed by atoms with E-state index in [4.69, 9.17) is 0 Å². The number of halogens is 3. The summed E-state index contributed by atoms with van der Waals surface area (Å²) in [6, 6.07) is 9.97. The van der Waals surface area contributed by atoms with Crippen molar-refractivity contribution in [2.24, 2.45) is 0 Å². The van der Waals surface area contributed by atoms with E-state index in [0.717, 1.165) is 25.1 Å². The van der Waals surface area contributed by atoms with Crippen LogP contribution in [0.15, 0.2) is 30.3 Å². The maximum absolute atomic E-state index is 12.2. The molecule has 0 saturated heterocycles. The Kier molecular flexibility index (Phi) is 8.92. The first-order valence-corrected chi connectivity index (χ1v) is 8.50. The van der Waals surface area contributed by atoms with Crippen molar-refractivity contribution in [2.75, 3.05) is 26.2 Å². The zero-order valence-corrected chi connectivity index (χ0v) is 15.0. The molecule has 1 aromatic rings. The van der Waals surface area contributed by atoms with Gasteiger partial charge in [0.05, 0.1) is 0 Å². The molecule has 1 N–H and O–H groups in total. The van der Waals surface area contributed by atoms with E-state index < -0.39 is 24.8 Å². The number of rotatable bonds is 10. The number of likely N-dealkylation sites (N-methyl/N-ethyl adjacent to an activating group) is 1. The van der Waals surface area contributed by atoms with E-state index in [0.29, 0.717) is 6.54 Å². The first-order valence-electron chi connectivity index (χ1n) is 8.50. The molecule has 0 spiro atoms. The molecule has 1 amide bonds. The van der Waals surface area contributed by atoms with Gasteiger partial charge in [-0.05, 0) is 32.0 Å². The minimum Gasteiger partial charge on any atom is -0.359 e. The Bertz CT molecular complexity index is 505. The molecule has 0 aliphatic rings. The van der Waals surface area contributed by atoms with E-state index in [1.807, 2.05) is 44.2 Å². The van der Waals surface area contributed by atoms with E-state index in [2.05, 4.69) is 15.0 Å². The number of nitrogens with one attached hydrogen (secondary N) is 1. The monoisotopic (exact) mass is 360 g/mol. The summed E-state index contributed by atoms with van der Waals surface area (Å²) in [6.07, 6.45) is -4.83. The van der Waals surface area contributed by atoms with Crippen LogP contribution in [0.5, 0.6) is 0 Å².